The fourth-order valence-corrected chi connectivity index (χ4v) is 0. The maximum absolute atomic E-state index is 7.74. The van der Waals surface area contributed by atoms with Crippen LogP contribution in [-0.2, 0) is 17.1 Å². The number of hydrogen-bond acceptors (Lipinski definition) is 3. The Kier molecular flexibility index (Phi) is 4.83. The first-order chi connectivity index (χ1) is 2.00. The molecule has 0 aliphatic heterocycles. The first kappa shape index (κ1) is 9.95. The second-order valence-corrected chi connectivity index (χ2v) is 2.60. The van der Waals surface area contributed by atoms with E-state index in [1.54, 1.807) is 0 Å². The molecule has 3 N–H and O–H groups in total. The Hall–Kier alpha value is 0.829. The van der Waals surface area contributed by atoms with Crippen LogP contribution >= 0.6 is 7.94 Å². The second-order valence-electron chi connectivity index (χ2n) is 0.868. The molecule has 5 heteroatoms. The molecule has 0 fully saturated rings. The molecule has 0 bridgehead atoms. The Morgan fingerprint density at radius 2 is 1.17 bits per heavy atom. The van der Waals surface area contributed by atoms with E-state index in [9.17, 15) is 0 Å². The van der Waals surface area contributed by atoms with Gasteiger partial charge in [-0.3, -0.25) is 0 Å². The third-order valence-electron chi connectivity index (χ3n) is 0. The van der Waals surface area contributed by atoms with Gasteiger partial charge in [-0.25, -0.2) is 0 Å². The van der Waals surface area contributed by atoms with Gasteiger partial charge in [-0.15, -0.1) is 0 Å². The van der Waals surface area contributed by atoms with Crippen LogP contribution in [-0.4, -0.2) is 21.3 Å². The molecule has 3 nitrogen and oxygen atoms in total. The first-order valence-electron chi connectivity index (χ1n) is 1.05. The van der Waals surface area contributed by atoms with E-state index in [0.717, 1.165) is 6.66 Å². The number of rotatable bonds is 0. The molecule has 0 saturated heterocycles. The average molecular weight is 153 g/mol. The van der Waals surface area contributed by atoms with Crippen molar-refractivity contribution in [2.75, 3.05) is 6.66 Å². The van der Waals surface area contributed by atoms with E-state index in [2.05, 4.69) is 0 Å². The molecule has 0 aliphatic carbocycles. The molecule has 40 valence electrons. The quantitative estimate of drug-likeness (QED) is 0.320. The minimum absolute atomic E-state index is 0. The van der Waals surface area contributed by atoms with E-state index in [1.165, 1.54) is 0 Å². The molecule has 0 saturated carbocycles. The minimum Gasteiger partial charge on any atom is -0.193 e. The first-order valence-corrected chi connectivity index (χ1v) is 3.14. The van der Waals surface area contributed by atoms with Crippen LogP contribution in [0.1, 0.15) is 0 Å². The van der Waals surface area contributed by atoms with Gasteiger partial charge in [0.2, 0.25) is 0 Å². The molecule has 0 unspecified atom stereocenters. The molecule has 0 aromatic heterocycles. The third-order valence-corrected chi connectivity index (χ3v) is 0. The molecule has 6 heavy (non-hydrogen) atoms. The molecule has 0 radical (unpaired) electrons. The van der Waals surface area contributed by atoms with E-state index >= 15 is 0 Å². The van der Waals surface area contributed by atoms with Gasteiger partial charge in [0.25, 0.3) is 0 Å². The topological polar surface area (TPSA) is 60.7 Å². The zero-order valence-corrected chi connectivity index (χ0v) is 5.14. The Balaban J connectivity index is 0. The van der Waals surface area contributed by atoms with Crippen molar-refractivity contribution in [1.82, 2.24) is 0 Å². The standard InChI is InChI=1S/CH6O3P.Fe/c1-5(2,3)4;/h2-4H,1H3;/q+1;. The fraction of sp³-hybridized carbons (Fsp3) is 1.00. The summed E-state index contributed by atoms with van der Waals surface area (Å²) < 4.78 is 0. The molecule has 0 aliphatic rings. The maximum Gasteiger partial charge on any atom is 0.400 e. The van der Waals surface area contributed by atoms with Crippen LogP contribution in [0.15, 0.2) is 0 Å². The van der Waals surface area contributed by atoms with Crippen molar-refractivity contribution >= 4 is 7.94 Å². The van der Waals surface area contributed by atoms with Crippen LogP contribution in [0.4, 0.5) is 0 Å². The van der Waals surface area contributed by atoms with Crippen molar-refractivity contribution in [3.8, 4) is 0 Å². The summed E-state index contributed by atoms with van der Waals surface area (Å²) in [6.45, 7) is 0.965. The zero-order chi connectivity index (χ0) is 4.50. The van der Waals surface area contributed by atoms with Gasteiger partial charge < -0.3 is 0 Å². The van der Waals surface area contributed by atoms with Gasteiger partial charge in [-0.1, -0.05) is 0 Å². The Bertz CT molecular complexity index is 26.3. The summed E-state index contributed by atoms with van der Waals surface area (Å²) in [5, 5.41) is 0. The van der Waals surface area contributed by atoms with Crippen molar-refractivity contribution in [3.05, 3.63) is 0 Å². The van der Waals surface area contributed by atoms with Gasteiger partial charge in [0.05, 0.1) is 0 Å². The van der Waals surface area contributed by atoms with Crippen LogP contribution in [0.2, 0.25) is 0 Å². The van der Waals surface area contributed by atoms with Gasteiger partial charge in [0, 0.05) is 17.1 Å². The molecule has 0 spiro atoms. The molecule has 0 aromatic rings. The smallest absolute Gasteiger partial charge is 0.193 e. The van der Waals surface area contributed by atoms with E-state index in [1.807, 2.05) is 0 Å². The average Bonchev–Trinajstić information content (AvgIpc) is 0.722. The van der Waals surface area contributed by atoms with Crippen molar-refractivity contribution in [2.45, 2.75) is 0 Å². The summed E-state index contributed by atoms with van der Waals surface area (Å²) in [6.07, 6.45) is 0. The monoisotopic (exact) mass is 153 g/mol. The number of hydrogen-bond donors (Lipinski definition) is 3. The summed E-state index contributed by atoms with van der Waals surface area (Å²) in [5.74, 6) is 0. The molecule has 0 heterocycles. The van der Waals surface area contributed by atoms with E-state index < -0.39 is 7.94 Å². The summed E-state index contributed by atoms with van der Waals surface area (Å²) in [7, 11) is -3.39. The fourth-order valence-electron chi connectivity index (χ4n) is 0. The van der Waals surface area contributed by atoms with Gasteiger partial charge in [-0.2, -0.15) is 14.7 Å². The SMILES string of the molecule is C[P+](O)(O)O.[Fe]. The molecule has 0 rings (SSSR count). The zero-order valence-electron chi connectivity index (χ0n) is 3.14. The van der Waals surface area contributed by atoms with Crippen LogP contribution in [0, 0.1) is 0 Å². The van der Waals surface area contributed by atoms with Crippen LogP contribution in [0.5, 0.6) is 0 Å². The van der Waals surface area contributed by atoms with Crippen molar-refractivity contribution < 1.29 is 31.7 Å². The van der Waals surface area contributed by atoms with Gasteiger partial charge in [0.15, 0.2) is 0 Å². The molecular formula is CH6FeO3P+. The molecule has 0 atom stereocenters. The largest absolute Gasteiger partial charge is 0.400 e. The van der Waals surface area contributed by atoms with Crippen LogP contribution in [0.3, 0.4) is 0 Å². The van der Waals surface area contributed by atoms with Gasteiger partial charge >= 0.3 is 7.94 Å². The van der Waals surface area contributed by atoms with Gasteiger partial charge in [0.1, 0.15) is 6.66 Å². The van der Waals surface area contributed by atoms with E-state index in [0.29, 0.717) is 0 Å². The molecule has 0 amide bonds. The summed E-state index contributed by atoms with van der Waals surface area (Å²) in [6, 6.07) is 0. The van der Waals surface area contributed by atoms with Crippen molar-refractivity contribution in [3.63, 3.8) is 0 Å². The van der Waals surface area contributed by atoms with E-state index in [4.69, 9.17) is 14.7 Å². The predicted molar refractivity (Wildman–Crippen MR) is 19.5 cm³/mol. The Labute approximate surface area is 47.1 Å². The molecular weight excluding hydrogens is 147 g/mol. The third kappa shape index (κ3) is 103. The second kappa shape index (κ2) is 2.92. The van der Waals surface area contributed by atoms with Crippen LogP contribution in [0.25, 0.3) is 0 Å². The predicted octanol–water partition coefficient (Wildman–Crippen LogP) is -0.647. The van der Waals surface area contributed by atoms with Gasteiger partial charge in [-0.05, 0) is 0 Å². The van der Waals surface area contributed by atoms with Crippen LogP contribution < -0.4 is 0 Å². The van der Waals surface area contributed by atoms with E-state index in [-0.39, 0.29) is 17.1 Å². The minimum atomic E-state index is -3.39. The maximum atomic E-state index is 7.74. The summed E-state index contributed by atoms with van der Waals surface area (Å²) in [5.41, 5.74) is 0. The van der Waals surface area contributed by atoms with Crippen molar-refractivity contribution in [2.24, 2.45) is 0 Å². The molecule has 0 aromatic carbocycles. The summed E-state index contributed by atoms with van der Waals surface area (Å²) in [4.78, 5) is 23.2. The Morgan fingerprint density at radius 1 is 1.17 bits per heavy atom. The normalized spacial score (nSPS) is 10.0. The van der Waals surface area contributed by atoms with Crippen molar-refractivity contribution in [1.29, 1.82) is 0 Å². The Morgan fingerprint density at radius 3 is 1.17 bits per heavy atom. The summed E-state index contributed by atoms with van der Waals surface area (Å²) >= 11 is 0.